The summed E-state index contributed by atoms with van der Waals surface area (Å²) in [7, 11) is 0. The molecule has 0 spiro atoms. The number of nitrogens with one attached hydrogen (secondary N) is 2. The number of nitrogens with zero attached hydrogens (tertiary/aromatic N) is 3. The largest absolute Gasteiger partial charge is 0.483 e. The molecule has 3 N–H and O–H groups in total. The van der Waals surface area contributed by atoms with Gasteiger partial charge in [-0.05, 0) is 40.8 Å². The van der Waals surface area contributed by atoms with Crippen LogP contribution in [0.5, 0.6) is 5.75 Å². The number of rotatable bonds is 8. The molecule has 1 amide bonds. The topological polar surface area (TPSA) is 130 Å². The number of aromatic amines is 1. The zero-order chi connectivity index (χ0) is 23.4. The lowest BCUT2D eigenvalue weighted by Gasteiger charge is -2.13. The van der Waals surface area contributed by atoms with Crippen molar-refractivity contribution in [3.63, 3.8) is 0 Å². The van der Waals surface area contributed by atoms with Crippen molar-refractivity contribution in [1.82, 2.24) is 25.9 Å². The van der Waals surface area contributed by atoms with Crippen molar-refractivity contribution in [1.29, 1.82) is 0 Å². The van der Waals surface area contributed by atoms with E-state index in [1.165, 1.54) is 18.2 Å². The molecule has 1 heterocycles. The van der Waals surface area contributed by atoms with Crippen LogP contribution in [0.25, 0.3) is 10.8 Å². The van der Waals surface area contributed by atoms with Gasteiger partial charge in [-0.25, -0.2) is 4.79 Å². The van der Waals surface area contributed by atoms with Crippen molar-refractivity contribution >= 4 is 45.9 Å². The fraction of sp³-hybridized carbons (Fsp3) is 0.136. The van der Waals surface area contributed by atoms with Gasteiger partial charge in [-0.15, -0.1) is 10.2 Å². The van der Waals surface area contributed by atoms with Gasteiger partial charge in [0, 0.05) is 23.4 Å². The Balaban J connectivity index is 1.39. The van der Waals surface area contributed by atoms with Gasteiger partial charge < -0.3 is 15.2 Å². The lowest BCUT2D eigenvalue weighted by Crippen LogP contribution is -2.28. The van der Waals surface area contributed by atoms with Gasteiger partial charge in [-0.1, -0.05) is 52.7 Å². The summed E-state index contributed by atoms with van der Waals surface area (Å²) in [5, 5.41) is 27.6. The Kier molecular flexibility index (Phi) is 6.71. The van der Waals surface area contributed by atoms with E-state index in [0.29, 0.717) is 39.6 Å². The molecular formula is C22H17Cl2N5O4. The number of tetrazole rings is 1. The summed E-state index contributed by atoms with van der Waals surface area (Å²) in [4.78, 5) is 23.8. The molecule has 0 fully saturated rings. The molecule has 9 nitrogen and oxygen atoms in total. The third-order valence-electron chi connectivity index (χ3n) is 4.80. The van der Waals surface area contributed by atoms with Crippen LogP contribution in [0.2, 0.25) is 10.0 Å². The molecule has 0 atom stereocenters. The Hall–Kier alpha value is -3.69. The van der Waals surface area contributed by atoms with E-state index in [0.717, 1.165) is 11.1 Å². The zero-order valence-electron chi connectivity index (χ0n) is 17.0. The second-order valence-electron chi connectivity index (χ2n) is 7.15. The number of carbonyl (C=O) groups is 2. The van der Waals surface area contributed by atoms with Crippen molar-refractivity contribution < 1.29 is 19.4 Å². The van der Waals surface area contributed by atoms with Gasteiger partial charge >= 0.3 is 5.97 Å². The molecule has 0 saturated heterocycles. The first-order valence-corrected chi connectivity index (χ1v) is 10.5. The standard InChI is InChI=1S/C22H17Cl2N5O4/c23-16-7-14-6-15(22(31)32)8-18(21(14)17(24)9-16)33-11-20(30)25-10-13-3-1-12(2-4-13)5-19-26-28-29-27-19/h1-4,6-9H,5,10-11H2,(H,25,30)(H,31,32)(H,26,27,28,29). The second kappa shape index (κ2) is 9.85. The van der Waals surface area contributed by atoms with Crippen LogP contribution in [0.4, 0.5) is 0 Å². The van der Waals surface area contributed by atoms with E-state index < -0.39 is 5.97 Å². The minimum absolute atomic E-state index is 0.00264. The maximum absolute atomic E-state index is 12.3. The van der Waals surface area contributed by atoms with E-state index in [4.69, 9.17) is 27.9 Å². The van der Waals surface area contributed by atoms with E-state index in [1.54, 1.807) is 6.07 Å². The number of amides is 1. The quantitative estimate of drug-likeness (QED) is 0.347. The van der Waals surface area contributed by atoms with Gasteiger partial charge in [-0.2, -0.15) is 5.21 Å². The van der Waals surface area contributed by atoms with E-state index >= 15 is 0 Å². The molecule has 33 heavy (non-hydrogen) atoms. The van der Waals surface area contributed by atoms with Crippen LogP contribution in [0.15, 0.2) is 48.5 Å². The Morgan fingerprint density at radius 1 is 1.06 bits per heavy atom. The summed E-state index contributed by atoms with van der Waals surface area (Å²) in [6, 6.07) is 13.5. The summed E-state index contributed by atoms with van der Waals surface area (Å²) in [5.74, 6) is -0.725. The predicted molar refractivity (Wildman–Crippen MR) is 122 cm³/mol. The number of aromatic carboxylic acids is 1. The summed E-state index contributed by atoms with van der Waals surface area (Å²) in [6.45, 7) is -0.00992. The molecule has 0 saturated carbocycles. The molecule has 0 aliphatic carbocycles. The van der Waals surface area contributed by atoms with E-state index in [-0.39, 0.29) is 23.8 Å². The molecule has 0 unspecified atom stereocenters. The molecule has 11 heteroatoms. The highest BCUT2D eigenvalue weighted by molar-refractivity contribution is 6.39. The molecule has 4 aromatic rings. The maximum atomic E-state index is 12.3. The summed E-state index contributed by atoms with van der Waals surface area (Å²) >= 11 is 12.3. The van der Waals surface area contributed by atoms with Gasteiger partial charge in [0.25, 0.3) is 5.91 Å². The lowest BCUT2D eigenvalue weighted by atomic mass is 10.1. The summed E-state index contributed by atoms with van der Waals surface area (Å²) < 4.78 is 5.63. The number of carbonyl (C=O) groups excluding carboxylic acids is 1. The maximum Gasteiger partial charge on any atom is 0.335 e. The average Bonchev–Trinajstić information content (AvgIpc) is 3.29. The number of H-pyrrole nitrogens is 1. The highest BCUT2D eigenvalue weighted by Gasteiger charge is 2.15. The molecule has 0 radical (unpaired) electrons. The van der Waals surface area contributed by atoms with Crippen LogP contribution in [-0.2, 0) is 17.8 Å². The minimum atomic E-state index is -1.13. The number of carboxylic acid groups (broad SMARTS) is 1. The fourth-order valence-electron chi connectivity index (χ4n) is 3.24. The van der Waals surface area contributed by atoms with Crippen molar-refractivity contribution in [2.45, 2.75) is 13.0 Å². The Morgan fingerprint density at radius 2 is 1.82 bits per heavy atom. The number of benzene rings is 3. The normalized spacial score (nSPS) is 10.8. The predicted octanol–water partition coefficient (Wildman–Crippen LogP) is 3.64. The lowest BCUT2D eigenvalue weighted by molar-refractivity contribution is -0.123. The first-order chi connectivity index (χ1) is 15.9. The number of carboxylic acids is 1. The molecule has 0 aliphatic heterocycles. The van der Waals surface area contributed by atoms with Crippen molar-refractivity contribution in [3.8, 4) is 5.75 Å². The first kappa shape index (κ1) is 22.5. The molecule has 4 rings (SSSR count). The monoisotopic (exact) mass is 485 g/mol. The number of hydrogen-bond donors (Lipinski definition) is 3. The van der Waals surface area contributed by atoms with Crippen LogP contribution >= 0.6 is 23.2 Å². The van der Waals surface area contributed by atoms with Gasteiger partial charge in [0.15, 0.2) is 12.4 Å². The summed E-state index contributed by atoms with van der Waals surface area (Å²) in [6.07, 6.45) is 0.550. The van der Waals surface area contributed by atoms with E-state index in [2.05, 4.69) is 25.9 Å². The smallest absolute Gasteiger partial charge is 0.335 e. The first-order valence-electron chi connectivity index (χ1n) is 9.75. The molecule has 0 bridgehead atoms. The molecule has 0 aliphatic rings. The van der Waals surface area contributed by atoms with Gasteiger partial charge in [0.2, 0.25) is 0 Å². The number of aromatic nitrogens is 4. The van der Waals surface area contributed by atoms with E-state index in [9.17, 15) is 14.7 Å². The molecule has 3 aromatic carbocycles. The van der Waals surface area contributed by atoms with Crippen molar-refractivity contribution in [2.24, 2.45) is 0 Å². The van der Waals surface area contributed by atoms with Crippen LogP contribution < -0.4 is 10.1 Å². The molecule has 168 valence electrons. The third kappa shape index (κ3) is 5.57. The number of halogens is 2. The van der Waals surface area contributed by atoms with Gasteiger partial charge in [0.05, 0.1) is 10.6 Å². The molecular weight excluding hydrogens is 469 g/mol. The van der Waals surface area contributed by atoms with Gasteiger partial charge in [0.1, 0.15) is 5.75 Å². The van der Waals surface area contributed by atoms with Gasteiger partial charge in [-0.3, -0.25) is 4.79 Å². The fourth-order valence-corrected chi connectivity index (χ4v) is 3.84. The SMILES string of the molecule is O=C(COc1cc(C(=O)O)cc2cc(Cl)cc(Cl)c12)NCc1ccc(Cc2nn[nH]n2)cc1. The highest BCUT2D eigenvalue weighted by atomic mass is 35.5. The van der Waals surface area contributed by atoms with Crippen LogP contribution in [-0.4, -0.2) is 44.2 Å². The third-order valence-corrected chi connectivity index (χ3v) is 5.32. The summed E-state index contributed by atoms with van der Waals surface area (Å²) in [5.41, 5.74) is 1.91. The second-order valence-corrected chi connectivity index (χ2v) is 8.00. The van der Waals surface area contributed by atoms with Crippen LogP contribution in [0.3, 0.4) is 0 Å². The molecule has 1 aromatic heterocycles. The van der Waals surface area contributed by atoms with Crippen LogP contribution in [0.1, 0.15) is 27.3 Å². The van der Waals surface area contributed by atoms with Crippen molar-refractivity contribution in [3.05, 3.63) is 81.1 Å². The number of fused-ring (bicyclic) bond motifs is 1. The average molecular weight is 486 g/mol. The number of hydrogen-bond acceptors (Lipinski definition) is 6. The van der Waals surface area contributed by atoms with Crippen LogP contribution in [0, 0.1) is 0 Å². The Morgan fingerprint density at radius 3 is 2.52 bits per heavy atom. The zero-order valence-corrected chi connectivity index (χ0v) is 18.5. The van der Waals surface area contributed by atoms with E-state index in [1.807, 2.05) is 24.3 Å². The number of ether oxygens (including phenoxy) is 1. The highest BCUT2D eigenvalue weighted by Crippen LogP contribution is 2.36. The Labute approximate surface area is 197 Å². The van der Waals surface area contributed by atoms with Crippen molar-refractivity contribution in [2.75, 3.05) is 6.61 Å². The minimum Gasteiger partial charge on any atom is -0.483 e. The Bertz CT molecular complexity index is 1310.